The van der Waals surface area contributed by atoms with Crippen LogP contribution < -0.4 is 0 Å². The summed E-state index contributed by atoms with van der Waals surface area (Å²) < 4.78 is 294. The molecule has 0 atom stereocenters. The Balaban J connectivity index is 1.53. The maximum atomic E-state index is 15.7. The Labute approximate surface area is 372 Å². The first-order valence-corrected chi connectivity index (χ1v) is 18.2. The Morgan fingerprint density at radius 2 is 0.691 bits per heavy atom. The Hall–Kier alpha value is -7.28. The smallest absolute Gasteiger partial charge is 0.203 e. The van der Waals surface area contributed by atoms with Crippen molar-refractivity contribution in [3.8, 4) is 0 Å². The molecule has 4 aromatic carbocycles. The normalized spacial score (nSPS) is 15.3. The number of aliphatic imine (C=N–C) groups is 2. The van der Waals surface area contributed by atoms with Crippen molar-refractivity contribution in [1.29, 1.82) is 0 Å². The molecule has 0 spiro atoms. The first-order chi connectivity index (χ1) is 31.9. The average molecular weight is 1020 g/mol. The second-order valence-corrected chi connectivity index (χ2v) is 14.0. The van der Waals surface area contributed by atoms with E-state index in [0.29, 0.717) is 36.4 Å². The molecule has 68 heavy (non-hydrogen) atoms. The molecule has 0 bridgehead atoms. The van der Waals surface area contributed by atoms with Gasteiger partial charge in [0.25, 0.3) is 0 Å². The monoisotopic (exact) mass is 1020 g/mol. The van der Waals surface area contributed by atoms with Crippen LogP contribution in [0.5, 0.6) is 0 Å². The summed E-state index contributed by atoms with van der Waals surface area (Å²) >= 11 is 3.82. The van der Waals surface area contributed by atoms with Gasteiger partial charge in [-0.1, -0.05) is 5.57 Å². The molecule has 2 aliphatic rings. The van der Waals surface area contributed by atoms with Crippen molar-refractivity contribution < 1.29 is 103 Å². The number of aromatic nitrogens is 1. The van der Waals surface area contributed by atoms with E-state index in [0.717, 1.165) is 0 Å². The van der Waals surface area contributed by atoms with Crippen LogP contribution in [0.3, 0.4) is 0 Å². The van der Waals surface area contributed by atoms with Gasteiger partial charge in [0.2, 0.25) is 11.6 Å². The van der Waals surface area contributed by atoms with Crippen LogP contribution in [0.1, 0.15) is 33.6 Å². The first-order valence-electron chi connectivity index (χ1n) is 17.7. The molecule has 4 nitrogen and oxygen atoms in total. The van der Waals surface area contributed by atoms with E-state index in [4.69, 9.17) is 12.3 Å². The SMILES string of the molecule is [CH-]=C/C([NH-])=C(C1=N/C(=C(\c2ccc(/C(=C3/C=CC([C](=[Co])c4c(F)c(F)c(F)c(F)c4F)=N3)c3c(F)c(F)c(F)c(F)c3F)[nH]2)c2c(F)c(F)c(F)c(F)c2F)C=C1)\c1c(F)c(F)c(F)c(F)c1F. The summed E-state index contributed by atoms with van der Waals surface area (Å²) in [7, 11) is 0. The second kappa shape index (κ2) is 17.7. The van der Waals surface area contributed by atoms with E-state index < -0.39 is 200 Å². The Kier molecular flexibility index (Phi) is 12.7. The molecule has 7 rings (SSSR count). The molecule has 2 aliphatic heterocycles. The van der Waals surface area contributed by atoms with Gasteiger partial charge in [-0.05, 0) is 0 Å². The van der Waals surface area contributed by atoms with E-state index in [1.165, 1.54) is 0 Å². The van der Waals surface area contributed by atoms with Crippen molar-refractivity contribution in [3.05, 3.63) is 222 Å². The van der Waals surface area contributed by atoms with Crippen LogP contribution in [-0.4, -0.2) is 20.9 Å². The Morgan fingerprint density at radius 3 is 1.03 bits per heavy atom. The third kappa shape index (κ3) is 7.48. The van der Waals surface area contributed by atoms with Gasteiger partial charge in [0.05, 0.1) is 0 Å². The molecule has 3 heterocycles. The van der Waals surface area contributed by atoms with Gasteiger partial charge in [-0.25, -0.2) is 35.1 Å². The van der Waals surface area contributed by atoms with E-state index in [-0.39, 0.29) is 6.08 Å². The molecule has 1 aromatic heterocycles. The predicted octanol–water partition coefficient (Wildman–Crippen LogP) is 12.6. The molecular formula is C43H10CoF20N4-2. The second-order valence-electron chi connectivity index (χ2n) is 13.5. The molecule has 353 valence electrons. The number of allylic oxidation sites excluding steroid dienone is 6. The third-order valence-corrected chi connectivity index (χ3v) is 10.2. The summed E-state index contributed by atoms with van der Waals surface area (Å²) in [6, 6.07) is 1.12. The van der Waals surface area contributed by atoms with Crippen molar-refractivity contribution in [2.75, 3.05) is 0 Å². The first kappa shape index (κ1) is 48.6. The number of halogens is 20. The quantitative estimate of drug-likeness (QED) is 0.0503. The zero-order valence-electron chi connectivity index (χ0n) is 31.9. The summed E-state index contributed by atoms with van der Waals surface area (Å²) in [5, 5.41) is 0. The average Bonchev–Trinajstić information content (AvgIpc) is 4.13. The molecular weight excluding hydrogens is 1010 g/mol. The van der Waals surface area contributed by atoms with Crippen LogP contribution >= 0.6 is 0 Å². The molecule has 0 fully saturated rings. The standard InChI is InChI=1S/C43H10F20N4.Co/c1-2-12(64)18(21-26(46)34(54)41(61)35(55)27(21)47)13-5-6-16(66-13)20(23-30(50)38(58)43(63)39(59)31(23)51)17-8-7-15(67-17)19(22-28(48)36(56)42(62)37(57)29(22)49)14-4-3-10(65-14)9-11-24(44)32(52)40(60)33(53)25(11)45;/h1-8,64,67H;/q-2;/b18-12+,19-14+,20-16+;. The van der Waals surface area contributed by atoms with Crippen LogP contribution in [0.25, 0.3) is 22.5 Å². The molecule has 0 unspecified atom stereocenters. The van der Waals surface area contributed by atoms with Crippen molar-refractivity contribution in [1.82, 2.24) is 4.98 Å². The van der Waals surface area contributed by atoms with Crippen LogP contribution in [-0.2, 0) is 15.3 Å². The summed E-state index contributed by atoms with van der Waals surface area (Å²) in [6.07, 6.45) is 2.53. The van der Waals surface area contributed by atoms with Crippen molar-refractivity contribution in [3.63, 3.8) is 0 Å². The number of hydrogen-bond acceptors (Lipinski definition) is 2. The van der Waals surface area contributed by atoms with Gasteiger partial charge in [0.15, 0.2) is 23.3 Å². The van der Waals surface area contributed by atoms with Crippen molar-refractivity contribution in [2.45, 2.75) is 0 Å². The fraction of sp³-hybridized carbons (Fsp3) is 0. The number of hydrogen-bond donors (Lipinski definition) is 1. The molecule has 2 N–H and O–H groups in total. The zero-order valence-corrected chi connectivity index (χ0v) is 32.9. The van der Waals surface area contributed by atoms with Gasteiger partial charge in [-0.2, -0.15) is 0 Å². The maximum absolute atomic E-state index is 15.7. The number of rotatable bonds is 9. The number of nitrogens with one attached hydrogen (secondary N) is 2. The minimum absolute atomic E-state index is 0.241. The van der Waals surface area contributed by atoms with Crippen LogP contribution in [0.15, 0.2) is 69.6 Å². The molecule has 5 aromatic rings. The third-order valence-electron chi connectivity index (χ3n) is 9.72. The van der Waals surface area contributed by atoms with Gasteiger partial charge in [0, 0.05) is 5.56 Å². The van der Waals surface area contributed by atoms with Gasteiger partial charge >= 0.3 is 267 Å². The molecule has 0 aliphatic carbocycles. The molecule has 0 amide bonds. The van der Waals surface area contributed by atoms with E-state index in [1.54, 1.807) is 0 Å². The van der Waals surface area contributed by atoms with E-state index >= 15 is 26.3 Å². The van der Waals surface area contributed by atoms with Crippen LogP contribution in [0.2, 0.25) is 0 Å². The molecule has 0 radical (unpaired) electrons. The minimum Gasteiger partial charge on any atom is -0.203 e. The van der Waals surface area contributed by atoms with Crippen molar-refractivity contribution in [2.24, 2.45) is 9.98 Å². The van der Waals surface area contributed by atoms with Crippen LogP contribution in [0.4, 0.5) is 87.8 Å². The topological polar surface area (TPSA) is 64.3 Å². The number of H-pyrrole nitrogens is 1. The zero-order chi connectivity index (χ0) is 50.3. The molecule has 25 heteroatoms. The number of aromatic amines is 1. The van der Waals surface area contributed by atoms with Gasteiger partial charge in [0.1, 0.15) is 0 Å². The van der Waals surface area contributed by atoms with Crippen LogP contribution in [0, 0.1) is 123 Å². The predicted molar refractivity (Wildman–Crippen MR) is 195 cm³/mol. The van der Waals surface area contributed by atoms with E-state index in [2.05, 4.69) is 30.3 Å². The number of benzene rings is 4. The van der Waals surface area contributed by atoms with Gasteiger partial charge < -0.3 is 5.73 Å². The summed E-state index contributed by atoms with van der Waals surface area (Å²) in [5.41, 5.74) is -10.8. The van der Waals surface area contributed by atoms with Gasteiger partial charge in [-0.3, -0.25) is 18.4 Å². The molecule has 0 saturated carbocycles. The Morgan fingerprint density at radius 1 is 0.412 bits per heavy atom. The fourth-order valence-electron chi connectivity index (χ4n) is 6.62. The van der Waals surface area contributed by atoms with Gasteiger partial charge in [-0.15, -0.1) is 0 Å². The summed E-state index contributed by atoms with van der Waals surface area (Å²) in [5.74, 6) is -52.3. The minimum atomic E-state index is -2.76. The fourth-order valence-corrected chi connectivity index (χ4v) is 6.99. The summed E-state index contributed by atoms with van der Waals surface area (Å²) in [6.45, 7) is 5.30. The van der Waals surface area contributed by atoms with Crippen molar-refractivity contribution >= 4 is 32.6 Å². The van der Waals surface area contributed by atoms with E-state index in [1.807, 2.05) is 0 Å². The summed E-state index contributed by atoms with van der Waals surface area (Å²) in [4.78, 5) is 9.66. The Bertz CT molecular complexity index is 3280. The number of nitrogens with zero attached hydrogens (tertiary/aromatic N) is 2. The van der Waals surface area contributed by atoms with E-state index in [9.17, 15) is 61.5 Å². The molecule has 0 saturated heterocycles.